The Labute approximate surface area is 161 Å². The summed E-state index contributed by atoms with van der Waals surface area (Å²) >= 11 is 0. The minimum absolute atomic E-state index is 0.0456. The van der Waals surface area contributed by atoms with Crippen molar-refractivity contribution in [2.75, 3.05) is 11.2 Å². The van der Waals surface area contributed by atoms with E-state index in [1.165, 1.54) is 30.3 Å². The maximum atomic E-state index is 14.4. The van der Waals surface area contributed by atoms with Gasteiger partial charge in [0.1, 0.15) is 11.6 Å². The normalized spacial score (nSPS) is 11.2. The molecule has 0 saturated carbocycles. The molecule has 0 aliphatic heterocycles. The molecule has 1 aromatic heterocycles. The van der Waals surface area contributed by atoms with Gasteiger partial charge in [0.2, 0.25) is 0 Å². The fraction of sp³-hybridized carbons (Fsp3) is 0.100. The van der Waals surface area contributed by atoms with Crippen LogP contribution in [0.25, 0.3) is 0 Å². The molecule has 0 unspecified atom stereocenters. The van der Waals surface area contributed by atoms with Crippen LogP contribution in [0.2, 0.25) is 0 Å². The first-order chi connectivity index (χ1) is 13.3. The molecule has 5 nitrogen and oxygen atoms in total. The molecule has 144 valence electrons. The largest absolute Gasteiger partial charge is 0.299 e. The Hall–Kier alpha value is -3.13. The smallest absolute Gasteiger partial charge is 0.258 e. The molecule has 2 aromatic carbocycles. The van der Waals surface area contributed by atoms with Crippen LogP contribution < -0.4 is 4.90 Å². The van der Waals surface area contributed by atoms with Gasteiger partial charge in [0.15, 0.2) is 9.84 Å². The summed E-state index contributed by atoms with van der Waals surface area (Å²) in [6, 6.07) is 13.4. The summed E-state index contributed by atoms with van der Waals surface area (Å²) in [5.74, 6) is -2.22. The number of halogens is 2. The minimum atomic E-state index is -3.41. The second-order valence-electron chi connectivity index (χ2n) is 6.10. The molecule has 0 fully saturated rings. The van der Waals surface area contributed by atoms with E-state index in [0.717, 1.165) is 17.2 Å². The fourth-order valence-corrected chi connectivity index (χ4v) is 3.25. The zero-order valence-corrected chi connectivity index (χ0v) is 15.7. The summed E-state index contributed by atoms with van der Waals surface area (Å²) in [5.41, 5.74) is 0.559. The predicted octanol–water partition coefficient (Wildman–Crippen LogP) is 3.61. The standard InChI is InChI=1S/C20H16F2N2O3S/c1-28(26,27)17-8-5-14(6-9-17)20(25)24(13-16-4-2-3-11-23-16)19-10-7-15(21)12-18(19)22/h2-12H,13H2,1H3. The molecule has 0 aliphatic rings. The van der Waals surface area contributed by atoms with Crippen LogP contribution >= 0.6 is 0 Å². The molecule has 3 aromatic rings. The molecular weight excluding hydrogens is 386 g/mol. The highest BCUT2D eigenvalue weighted by Crippen LogP contribution is 2.24. The molecule has 0 aliphatic carbocycles. The van der Waals surface area contributed by atoms with Crippen molar-refractivity contribution in [1.29, 1.82) is 0 Å². The van der Waals surface area contributed by atoms with Crippen LogP contribution in [-0.2, 0) is 16.4 Å². The number of carbonyl (C=O) groups excluding carboxylic acids is 1. The number of hydrogen-bond acceptors (Lipinski definition) is 4. The highest BCUT2D eigenvalue weighted by molar-refractivity contribution is 7.90. The average molecular weight is 402 g/mol. The van der Waals surface area contributed by atoms with Crippen molar-refractivity contribution in [3.63, 3.8) is 0 Å². The number of pyridine rings is 1. The van der Waals surface area contributed by atoms with Gasteiger partial charge in [0.25, 0.3) is 5.91 Å². The van der Waals surface area contributed by atoms with Crippen molar-refractivity contribution < 1.29 is 22.0 Å². The maximum absolute atomic E-state index is 14.4. The molecule has 8 heteroatoms. The van der Waals surface area contributed by atoms with Gasteiger partial charge in [0, 0.05) is 24.1 Å². The van der Waals surface area contributed by atoms with E-state index in [0.29, 0.717) is 11.8 Å². The molecule has 0 atom stereocenters. The molecule has 1 amide bonds. The van der Waals surface area contributed by atoms with Crippen LogP contribution in [0.3, 0.4) is 0 Å². The number of aromatic nitrogens is 1. The van der Waals surface area contributed by atoms with Gasteiger partial charge in [0.05, 0.1) is 22.8 Å². The monoisotopic (exact) mass is 402 g/mol. The number of benzene rings is 2. The summed E-state index contributed by atoms with van der Waals surface area (Å²) in [7, 11) is -3.41. The van der Waals surface area contributed by atoms with Gasteiger partial charge in [-0.2, -0.15) is 0 Å². The molecule has 0 spiro atoms. The summed E-state index contributed by atoms with van der Waals surface area (Å²) in [5, 5.41) is 0. The Balaban J connectivity index is 2.01. The Morgan fingerprint density at radius 1 is 1.04 bits per heavy atom. The van der Waals surface area contributed by atoms with E-state index in [-0.39, 0.29) is 22.7 Å². The second-order valence-corrected chi connectivity index (χ2v) is 8.12. The van der Waals surface area contributed by atoms with Crippen LogP contribution in [0, 0.1) is 11.6 Å². The van der Waals surface area contributed by atoms with Gasteiger partial charge in [-0.25, -0.2) is 17.2 Å². The summed E-state index contributed by atoms with van der Waals surface area (Å²) in [4.78, 5) is 18.4. The number of carbonyl (C=O) groups is 1. The van der Waals surface area contributed by atoms with Crippen molar-refractivity contribution in [2.24, 2.45) is 0 Å². The van der Waals surface area contributed by atoms with Crippen LogP contribution in [0.5, 0.6) is 0 Å². The van der Waals surface area contributed by atoms with Crippen molar-refractivity contribution in [1.82, 2.24) is 4.98 Å². The highest BCUT2D eigenvalue weighted by Gasteiger charge is 2.22. The molecule has 1 heterocycles. The van der Waals surface area contributed by atoms with Gasteiger partial charge in [-0.1, -0.05) is 6.07 Å². The summed E-state index contributed by atoms with van der Waals surface area (Å²) in [6.45, 7) is -0.0456. The van der Waals surface area contributed by atoms with E-state index in [1.54, 1.807) is 24.4 Å². The Bertz CT molecular complexity index is 1100. The van der Waals surface area contributed by atoms with Gasteiger partial charge < -0.3 is 0 Å². The first-order valence-electron chi connectivity index (χ1n) is 8.22. The predicted molar refractivity (Wildman–Crippen MR) is 101 cm³/mol. The molecule has 0 N–H and O–H groups in total. The first-order valence-corrected chi connectivity index (χ1v) is 10.1. The fourth-order valence-electron chi connectivity index (χ4n) is 2.62. The van der Waals surface area contributed by atoms with Gasteiger partial charge in [-0.3, -0.25) is 14.7 Å². The van der Waals surface area contributed by atoms with Gasteiger partial charge in [-0.15, -0.1) is 0 Å². The van der Waals surface area contributed by atoms with Gasteiger partial charge in [-0.05, 0) is 48.5 Å². The van der Waals surface area contributed by atoms with Crippen LogP contribution in [0.1, 0.15) is 16.1 Å². The van der Waals surface area contributed by atoms with E-state index in [1.807, 2.05) is 0 Å². The van der Waals surface area contributed by atoms with Crippen molar-refractivity contribution in [3.8, 4) is 0 Å². The molecule has 0 radical (unpaired) electrons. The van der Waals surface area contributed by atoms with E-state index in [2.05, 4.69) is 4.98 Å². The average Bonchev–Trinajstić information content (AvgIpc) is 2.66. The lowest BCUT2D eigenvalue weighted by Crippen LogP contribution is -2.31. The number of hydrogen-bond donors (Lipinski definition) is 0. The number of amides is 1. The number of nitrogens with zero attached hydrogens (tertiary/aromatic N) is 2. The SMILES string of the molecule is CS(=O)(=O)c1ccc(C(=O)N(Cc2ccccn2)c2ccc(F)cc2F)cc1. The quantitative estimate of drug-likeness (QED) is 0.654. The van der Waals surface area contributed by atoms with Crippen LogP contribution in [0.15, 0.2) is 71.8 Å². The topological polar surface area (TPSA) is 67.3 Å². The van der Waals surface area contributed by atoms with Crippen LogP contribution in [-0.4, -0.2) is 25.6 Å². The molecule has 28 heavy (non-hydrogen) atoms. The number of sulfone groups is 1. The Morgan fingerprint density at radius 3 is 2.32 bits per heavy atom. The van der Waals surface area contributed by atoms with Crippen molar-refractivity contribution in [3.05, 3.63) is 89.8 Å². The molecule has 0 bridgehead atoms. The number of anilines is 1. The van der Waals surface area contributed by atoms with Crippen molar-refractivity contribution in [2.45, 2.75) is 11.4 Å². The first kappa shape index (κ1) is 19.6. The molecule has 0 saturated heterocycles. The van der Waals surface area contributed by atoms with Gasteiger partial charge >= 0.3 is 0 Å². The number of rotatable bonds is 5. The minimum Gasteiger partial charge on any atom is -0.299 e. The summed E-state index contributed by atoms with van der Waals surface area (Å²) < 4.78 is 50.9. The molecular formula is C20H16F2N2O3S. The lowest BCUT2D eigenvalue weighted by molar-refractivity contribution is 0.0983. The Kier molecular flexibility index (Phi) is 5.51. The third-order valence-electron chi connectivity index (χ3n) is 4.02. The Morgan fingerprint density at radius 2 is 1.75 bits per heavy atom. The molecule has 3 rings (SSSR count). The maximum Gasteiger partial charge on any atom is 0.258 e. The second kappa shape index (κ2) is 7.85. The highest BCUT2D eigenvalue weighted by atomic mass is 32.2. The van der Waals surface area contributed by atoms with Crippen LogP contribution in [0.4, 0.5) is 14.5 Å². The van der Waals surface area contributed by atoms with Crippen molar-refractivity contribution >= 4 is 21.4 Å². The zero-order valence-electron chi connectivity index (χ0n) is 14.8. The van der Waals surface area contributed by atoms with E-state index in [9.17, 15) is 22.0 Å². The lowest BCUT2D eigenvalue weighted by atomic mass is 10.1. The lowest BCUT2D eigenvalue weighted by Gasteiger charge is -2.23. The zero-order chi connectivity index (χ0) is 20.3. The summed E-state index contributed by atoms with van der Waals surface area (Å²) in [6.07, 6.45) is 2.60. The van der Waals surface area contributed by atoms with E-state index >= 15 is 0 Å². The third-order valence-corrected chi connectivity index (χ3v) is 5.15. The van der Waals surface area contributed by atoms with E-state index in [4.69, 9.17) is 0 Å². The van der Waals surface area contributed by atoms with E-state index < -0.39 is 27.4 Å². The third kappa shape index (κ3) is 4.40.